The van der Waals surface area contributed by atoms with Crippen LogP contribution in [0.25, 0.3) is 0 Å². The summed E-state index contributed by atoms with van der Waals surface area (Å²) < 4.78 is 31.6. The molecule has 1 atom stereocenters. The van der Waals surface area contributed by atoms with Crippen molar-refractivity contribution < 1.29 is 18.3 Å². The summed E-state index contributed by atoms with van der Waals surface area (Å²) in [7, 11) is 1.35. The summed E-state index contributed by atoms with van der Waals surface area (Å²) in [5.74, 6) is -2.88. The Morgan fingerprint density at radius 2 is 2.17 bits per heavy atom. The number of alkyl halides is 2. The van der Waals surface area contributed by atoms with E-state index >= 15 is 0 Å². The van der Waals surface area contributed by atoms with Crippen LogP contribution < -0.4 is 10.6 Å². The summed E-state index contributed by atoms with van der Waals surface area (Å²) in [5, 5.41) is 6.72. The van der Waals surface area contributed by atoms with Crippen LogP contribution in [-0.4, -0.2) is 32.1 Å². The van der Waals surface area contributed by atoms with Gasteiger partial charge in [-0.1, -0.05) is 6.07 Å². The molecule has 132 valence electrons. The van der Waals surface area contributed by atoms with Crippen molar-refractivity contribution in [3.63, 3.8) is 0 Å². The highest BCUT2D eigenvalue weighted by molar-refractivity contribution is 5.90. The number of esters is 1. The number of piperidine rings is 1. The van der Waals surface area contributed by atoms with E-state index in [1.807, 2.05) is 13.0 Å². The lowest BCUT2D eigenvalue weighted by atomic mass is 9.59. The first-order valence-corrected chi connectivity index (χ1v) is 8.45. The standard InChI is InChI=1S/C18H24F2N2O2/c1-3-21-14-8-12(16(23)24-2)4-5-13(14)15-9-17(6-7-22-15)10-18(19,20)11-17/h4-5,8,15,21-22H,3,6-7,9-11H2,1-2H3. The molecule has 0 aromatic heterocycles. The summed E-state index contributed by atoms with van der Waals surface area (Å²) >= 11 is 0. The maximum atomic E-state index is 13.4. The fourth-order valence-electron chi connectivity index (χ4n) is 4.15. The Kier molecular flexibility index (Phi) is 4.51. The van der Waals surface area contributed by atoms with Gasteiger partial charge in [0.2, 0.25) is 5.92 Å². The van der Waals surface area contributed by atoms with Crippen molar-refractivity contribution in [1.82, 2.24) is 5.32 Å². The van der Waals surface area contributed by atoms with Crippen molar-refractivity contribution >= 4 is 11.7 Å². The van der Waals surface area contributed by atoms with Crippen LogP contribution in [0.15, 0.2) is 18.2 Å². The molecule has 0 radical (unpaired) electrons. The van der Waals surface area contributed by atoms with Crippen LogP contribution >= 0.6 is 0 Å². The molecule has 0 bridgehead atoms. The van der Waals surface area contributed by atoms with Gasteiger partial charge in [-0.25, -0.2) is 13.6 Å². The highest BCUT2D eigenvalue weighted by atomic mass is 19.3. The summed E-state index contributed by atoms with van der Waals surface area (Å²) in [6, 6.07) is 5.44. The highest BCUT2D eigenvalue weighted by Crippen LogP contribution is 2.59. The van der Waals surface area contributed by atoms with Gasteiger partial charge in [0.15, 0.2) is 0 Å². The SMILES string of the molecule is CCNc1cc(C(=O)OC)ccc1C1CC2(CCN1)CC(F)(F)C2. The Morgan fingerprint density at radius 1 is 1.42 bits per heavy atom. The molecule has 4 nitrogen and oxygen atoms in total. The van der Waals surface area contributed by atoms with E-state index in [-0.39, 0.29) is 30.3 Å². The minimum atomic E-state index is -2.50. The second-order valence-corrected chi connectivity index (χ2v) is 6.99. The van der Waals surface area contributed by atoms with Crippen molar-refractivity contribution in [3.8, 4) is 0 Å². The molecule has 3 rings (SSSR count). The third kappa shape index (κ3) is 3.24. The predicted molar refractivity (Wildman–Crippen MR) is 88.5 cm³/mol. The molecular weight excluding hydrogens is 314 g/mol. The third-order valence-corrected chi connectivity index (χ3v) is 5.17. The zero-order valence-electron chi connectivity index (χ0n) is 14.1. The van der Waals surface area contributed by atoms with E-state index in [4.69, 9.17) is 4.74 Å². The van der Waals surface area contributed by atoms with E-state index in [2.05, 4.69) is 10.6 Å². The van der Waals surface area contributed by atoms with Gasteiger partial charge < -0.3 is 15.4 Å². The summed E-state index contributed by atoms with van der Waals surface area (Å²) in [5.41, 5.74) is 2.13. The lowest BCUT2D eigenvalue weighted by molar-refractivity contribution is -0.174. The summed E-state index contributed by atoms with van der Waals surface area (Å²) in [6.07, 6.45) is 1.50. The summed E-state index contributed by atoms with van der Waals surface area (Å²) in [6.45, 7) is 3.44. The Morgan fingerprint density at radius 3 is 2.79 bits per heavy atom. The van der Waals surface area contributed by atoms with E-state index in [1.165, 1.54) is 7.11 Å². The molecule has 1 aliphatic heterocycles. The minimum Gasteiger partial charge on any atom is -0.465 e. The molecule has 6 heteroatoms. The molecule has 1 aromatic carbocycles. The number of carbonyl (C=O) groups is 1. The number of carbonyl (C=O) groups excluding carboxylic acids is 1. The second kappa shape index (κ2) is 6.31. The molecule has 2 aliphatic rings. The number of benzene rings is 1. The van der Waals surface area contributed by atoms with Crippen LogP contribution in [0.5, 0.6) is 0 Å². The minimum absolute atomic E-state index is 0.00500. The second-order valence-electron chi connectivity index (χ2n) is 6.99. The number of methoxy groups -OCH3 is 1. The molecule has 1 heterocycles. The van der Waals surface area contributed by atoms with E-state index in [9.17, 15) is 13.6 Å². The number of hydrogen-bond donors (Lipinski definition) is 2. The smallest absolute Gasteiger partial charge is 0.337 e. The normalized spacial score (nSPS) is 24.2. The van der Waals surface area contributed by atoms with Gasteiger partial charge in [0.1, 0.15) is 0 Å². The van der Waals surface area contributed by atoms with Gasteiger partial charge in [0.25, 0.3) is 0 Å². The van der Waals surface area contributed by atoms with Gasteiger partial charge in [-0.3, -0.25) is 0 Å². The zero-order valence-corrected chi connectivity index (χ0v) is 14.1. The van der Waals surface area contributed by atoms with Gasteiger partial charge >= 0.3 is 5.97 Å². The van der Waals surface area contributed by atoms with Crippen molar-refractivity contribution in [2.75, 3.05) is 25.5 Å². The molecule has 2 N–H and O–H groups in total. The molecule has 1 saturated carbocycles. The zero-order chi connectivity index (χ0) is 17.4. The number of anilines is 1. The molecule has 1 aromatic rings. The fourth-order valence-corrected chi connectivity index (χ4v) is 4.15. The van der Waals surface area contributed by atoms with Crippen molar-refractivity contribution in [3.05, 3.63) is 29.3 Å². The van der Waals surface area contributed by atoms with Crippen LogP contribution in [0.4, 0.5) is 14.5 Å². The van der Waals surface area contributed by atoms with Gasteiger partial charge in [0.05, 0.1) is 12.7 Å². The largest absolute Gasteiger partial charge is 0.465 e. The van der Waals surface area contributed by atoms with Gasteiger partial charge in [-0.05, 0) is 49.4 Å². The highest BCUT2D eigenvalue weighted by Gasteiger charge is 2.57. The average molecular weight is 338 g/mol. The number of hydrogen-bond acceptors (Lipinski definition) is 4. The Bertz CT molecular complexity index is 625. The van der Waals surface area contributed by atoms with Crippen LogP contribution in [0.2, 0.25) is 0 Å². The van der Waals surface area contributed by atoms with Crippen molar-refractivity contribution in [2.24, 2.45) is 5.41 Å². The number of halogens is 2. The number of rotatable bonds is 4. The molecule has 1 spiro atoms. The number of nitrogens with one attached hydrogen (secondary N) is 2. The van der Waals surface area contributed by atoms with Gasteiger partial charge in [-0.2, -0.15) is 0 Å². The molecule has 1 saturated heterocycles. The third-order valence-electron chi connectivity index (χ3n) is 5.17. The van der Waals surface area contributed by atoms with Gasteiger partial charge in [0, 0.05) is 31.1 Å². The maximum Gasteiger partial charge on any atom is 0.337 e. The average Bonchev–Trinajstić information content (AvgIpc) is 2.52. The first kappa shape index (κ1) is 17.1. The predicted octanol–water partition coefficient (Wildman–Crippen LogP) is 3.75. The molecule has 24 heavy (non-hydrogen) atoms. The van der Waals surface area contributed by atoms with Crippen molar-refractivity contribution in [1.29, 1.82) is 0 Å². The first-order chi connectivity index (χ1) is 11.4. The van der Waals surface area contributed by atoms with E-state index < -0.39 is 5.92 Å². The van der Waals surface area contributed by atoms with Crippen LogP contribution in [-0.2, 0) is 4.74 Å². The monoisotopic (exact) mass is 338 g/mol. The molecule has 1 aliphatic carbocycles. The van der Waals surface area contributed by atoms with E-state index in [0.29, 0.717) is 18.5 Å². The Balaban J connectivity index is 1.84. The molecule has 1 unspecified atom stereocenters. The van der Waals surface area contributed by atoms with Crippen LogP contribution in [0.3, 0.4) is 0 Å². The fraction of sp³-hybridized carbons (Fsp3) is 0.611. The Hall–Kier alpha value is -1.69. The number of ether oxygens (including phenoxy) is 1. The van der Waals surface area contributed by atoms with Crippen LogP contribution in [0, 0.1) is 5.41 Å². The topological polar surface area (TPSA) is 50.4 Å². The van der Waals surface area contributed by atoms with Crippen LogP contribution in [0.1, 0.15) is 54.6 Å². The Labute approximate surface area is 141 Å². The summed E-state index contributed by atoms with van der Waals surface area (Å²) in [4.78, 5) is 11.7. The lowest BCUT2D eigenvalue weighted by Crippen LogP contribution is -2.52. The lowest BCUT2D eigenvalue weighted by Gasteiger charge is -2.52. The van der Waals surface area contributed by atoms with Gasteiger partial charge in [-0.15, -0.1) is 0 Å². The first-order valence-electron chi connectivity index (χ1n) is 8.45. The van der Waals surface area contributed by atoms with Crippen molar-refractivity contribution in [2.45, 2.75) is 44.6 Å². The van der Waals surface area contributed by atoms with E-state index in [1.54, 1.807) is 12.1 Å². The maximum absolute atomic E-state index is 13.4. The molecular formula is C18H24F2N2O2. The molecule has 0 amide bonds. The van der Waals surface area contributed by atoms with E-state index in [0.717, 1.165) is 24.2 Å². The quantitative estimate of drug-likeness (QED) is 0.821. The molecule has 2 fully saturated rings.